The Bertz CT molecular complexity index is 1050. The van der Waals surface area contributed by atoms with Crippen molar-refractivity contribution in [1.82, 2.24) is 20.2 Å². The van der Waals surface area contributed by atoms with Crippen molar-refractivity contribution in [2.45, 2.75) is 38.9 Å². The van der Waals surface area contributed by atoms with Crippen LogP contribution in [0.3, 0.4) is 0 Å². The van der Waals surface area contributed by atoms with E-state index in [4.69, 9.17) is 4.74 Å². The predicted octanol–water partition coefficient (Wildman–Crippen LogP) is 3.99. The van der Waals surface area contributed by atoms with Crippen LogP contribution in [0.4, 0.5) is 0 Å². The van der Waals surface area contributed by atoms with E-state index < -0.39 is 6.04 Å². The minimum absolute atomic E-state index is 0.0255. The van der Waals surface area contributed by atoms with Gasteiger partial charge in [-0.2, -0.15) is 0 Å². The van der Waals surface area contributed by atoms with E-state index in [9.17, 15) is 4.79 Å². The molecule has 1 atom stereocenters. The molecule has 1 unspecified atom stereocenters. The molecule has 0 bridgehead atoms. The molecule has 0 spiro atoms. The molecule has 1 aromatic heterocycles. The fourth-order valence-corrected chi connectivity index (χ4v) is 3.92. The number of benzene rings is 2. The third-order valence-electron chi connectivity index (χ3n) is 5.19. The van der Waals surface area contributed by atoms with Gasteiger partial charge in [-0.15, -0.1) is 0 Å². The number of amides is 1. The first-order valence-electron chi connectivity index (χ1n) is 10.5. The van der Waals surface area contributed by atoms with Crippen molar-refractivity contribution in [2.75, 3.05) is 13.2 Å². The van der Waals surface area contributed by atoms with E-state index in [0.717, 1.165) is 28.1 Å². The standard InChI is InChI=1S/C25H28N4O2/c1-25(2,3)28-24(30)23-20-10-6-7-11-22(20)31-15-14-29(23)17-18-8-4-5-9-19(18)21-16-26-12-13-27-21/h4-13,16,23H,14-15,17H2,1-3H3,(H,28,30). The van der Waals surface area contributed by atoms with Crippen LogP contribution in [-0.2, 0) is 11.3 Å². The average Bonchev–Trinajstić information content (AvgIpc) is 2.92. The van der Waals surface area contributed by atoms with Crippen molar-refractivity contribution in [3.63, 3.8) is 0 Å². The van der Waals surface area contributed by atoms with E-state index in [1.807, 2.05) is 63.2 Å². The number of rotatable bonds is 4. The van der Waals surface area contributed by atoms with Crippen LogP contribution in [0, 0.1) is 0 Å². The largest absolute Gasteiger partial charge is 0.492 e. The molecule has 1 N–H and O–H groups in total. The molecule has 0 fully saturated rings. The summed E-state index contributed by atoms with van der Waals surface area (Å²) in [5.41, 5.74) is 3.49. The van der Waals surface area contributed by atoms with Gasteiger partial charge < -0.3 is 10.1 Å². The van der Waals surface area contributed by atoms with E-state index >= 15 is 0 Å². The second kappa shape index (κ2) is 8.86. The maximum absolute atomic E-state index is 13.5. The Kier molecular flexibility index (Phi) is 6.00. The van der Waals surface area contributed by atoms with Crippen LogP contribution in [0.5, 0.6) is 5.75 Å². The first kappa shape index (κ1) is 21.0. The van der Waals surface area contributed by atoms with Crippen molar-refractivity contribution in [3.05, 3.63) is 78.2 Å². The van der Waals surface area contributed by atoms with Gasteiger partial charge in [0.1, 0.15) is 18.4 Å². The number of para-hydroxylation sites is 1. The number of hydrogen-bond acceptors (Lipinski definition) is 5. The maximum atomic E-state index is 13.5. The zero-order chi connectivity index (χ0) is 21.8. The second-order valence-corrected chi connectivity index (χ2v) is 8.75. The summed E-state index contributed by atoms with van der Waals surface area (Å²) < 4.78 is 6.00. The number of ether oxygens (including phenoxy) is 1. The Morgan fingerprint density at radius 3 is 2.68 bits per heavy atom. The molecule has 0 saturated carbocycles. The third-order valence-corrected chi connectivity index (χ3v) is 5.19. The Morgan fingerprint density at radius 2 is 1.90 bits per heavy atom. The highest BCUT2D eigenvalue weighted by atomic mass is 16.5. The maximum Gasteiger partial charge on any atom is 0.242 e. The van der Waals surface area contributed by atoms with E-state index in [0.29, 0.717) is 19.7 Å². The highest BCUT2D eigenvalue weighted by Crippen LogP contribution is 2.34. The van der Waals surface area contributed by atoms with Crippen LogP contribution in [0.1, 0.15) is 37.9 Å². The molecule has 2 aromatic carbocycles. The minimum Gasteiger partial charge on any atom is -0.492 e. The van der Waals surface area contributed by atoms with Crippen LogP contribution < -0.4 is 10.1 Å². The van der Waals surface area contributed by atoms with Crippen molar-refractivity contribution in [2.24, 2.45) is 0 Å². The van der Waals surface area contributed by atoms with Gasteiger partial charge in [0.15, 0.2) is 0 Å². The van der Waals surface area contributed by atoms with E-state index in [1.165, 1.54) is 0 Å². The molecule has 160 valence electrons. The summed E-state index contributed by atoms with van der Waals surface area (Å²) in [5.74, 6) is 0.740. The van der Waals surface area contributed by atoms with Crippen molar-refractivity contribution >= 4 is 5.91 Å². The number of nitrogens with zero attached hydrogens (tertiary/aromatic N) is 3. The van der Waals surface area contributed by atoms with Crippen LogP contribution in [0.25, 0.3) is 11.3 Å². The Hall–Kier alpha value is -3.25. The molecular formula is C25H28N4O2. The third kappa shape index (κ3) is 4.91. The highest BCUT2D eigenvalue weighted by molar-refractivity contribution is 5.84. The lowest BCUT2D eigenvalue weighted by atomic mass is 9.99. The van der Waals surface area contributed by atoms with E-state index in [2.05, 4.69) is 26.3 Å². The molecule has 1 aliphatic rings. The molecule has 2 heterocycles. The Labute approximate surface area is 183 Å². The molecular weight excluding hydrogens is 388 g/mol. The van der Waals surface area contributed by atoms with E-state index in [-0.39, 0.29) is 11.4 Å². The first-order valence-corrected chi connectivity index (χ1v) is 10.5. The summed E-state index contributed by atoms with van der Waals surface area (Å²) in [6, 6.07) is 15.5. The molecule has 6 nitrogen and oxygen atoms in total. The lowest BCUT2D eigenvalue weighted by molar-refractivity contribution is -0.128. The first-order chi connectivity index (χ1) is 14.9. The monoisotopic (exact) mass is 416 g/mol. The van der Waals surface area contributed by atoms with Gasteiger partial charge in [-0.3, -0.25) is 19.7 Å². The molecule has 3 aromatic rings. The van der Waals surface area contributed by atoms with Crippen molar-refractivity contribution in [3.8, 4) is 17.0 Å². The number of hydrogen-bond donors (Lipinski definition) is 1. The summed E-state index contributed by atoms with van der Waals surface area (Å²) in [5, 5.41) is 3.16. The lowest BCUT2D eigenvalue weighted by Crippen LogP contribution is -2.47. The molecule has 0 aliphatic carbocycles. The summed E-state index contributed by atoms with van der Waals surface area (Å²) in [4.78, 5) is 24.3. The predicted molar refractivity (Wildman–Crippen MR) is 120 cm³/mol. The highest BCUT2D eigenvalue weighted by Gasteiger charge is 2.34. The normalized spacial score (nSPS) is 16.7. The number of nitrogens with one attached hydrogen (secondary N) is 1. The second-order valence-electron chi connectivity index (χ2n) is 8.75. The van der Waals surface area contributed by atoms with Gasteiger partial charge >= 0.3 is 0 Å². The number of fused-ring (bicyclic) bond motifs is 1. The number of carbonyl (C=O) groups is 1. The zero-order valence-corrected chi connectivity index (χ0v) is 18.2. The van der Waals surface area contributed by atoms with Crippen molar-refractivity contribution in [1.29, 1.82) is 0 Å². The molecule has 6 heteroatoms. The number of aromatic nitrogens is 2. The average molecular weight is 417 g/mol. The van der Waals surface area contributed by atoms with Gasteiger partial charge in [0.25, 0.3) is 0 Å². The van der Waals surface area contributed by atoms with Gasteiger partial charge in [-0.05, 0) is 32.4 Å². The smallest absolute Gasteiger partial charge is 0.242 e. The minimum atomic E-state index is -0.451. The van der Waals surface area contributed by atoms with Crippen LogP contribution in [-0.4, -0.2) is 39.5 Å². The Morgan fingerprint density at radius 1 is 1.13 bits per heavy atom. The summed E-state index contributed by atoms with van der Waals surface area (Å²) in [6.45, 7) is 7.73. The Balaban J connectivity index is 1.72. The van der Waals surface area contributed by atoms with Crippen LogP contribution in [0.15, 0.2) is 67.1 Å². The fraction of sp³-hybridized carbons (Fsp3) is 0.320. The molecule has 1 amide bonds. The van der Waals surface area contributed by atoms with Crippen LogP contribution >= 0.6 is 0 Å². The lowest BCUT2D eigenvalue weighted by Gasteiger charge is -2.32. The molecule has 0 radical (unpaired) electrons. The van der Waals surface area contributed by atoms with Crippen molar-refractivity contribution < 1.29 is 9.53 Å². The zero-order valence-electron chi connectivity index (χ0n) is 18.2. The van der Waals surface area contributed by atoms with Gasteiger partial charge in [0.05, 0.1) is 11.9 Å². The molecule has 1 aliphatic heterocycles. The summed E-state index contributed by atoms with van der Waals surface area (Å²) >= 11 is 0. The van der Waals surface area contributed by atoms with Gasteiger partial charge in [0.2, 0.25) is 5.91 Å². The van der Waals surface area contributed by atoms with Crippen LogP contribution in [0.2, 0.25) is 0 Å². The molecule has 0 saturated heterocycles. The van der Waals surface area contributed by atoms with Gasteiger partial charge in [0, 0.05) is 42.1 Å². The summed E-state index contributed by atoms with van der Waals surface area (Å²) in [7, 11) is 0. The number of carbonyl (C=O) groups excluding carboxylic acids is 1. The van der Waals surface area contributed by atoms with E-state index in [1.54, 1.807) is 18.6 Å². The molecule has 31 heavy (non-hydrogen) atoms. The molecule has 4 rings (SSSR count). The fourth-order valence-electron chi connectivity index (χ4n) is 3.92. The topological polar surface area (TPSA) is 67.3 Å². The van der Waals surface area contributed by atoms with Gasteiger partial charge in [-0.1, -0.05) is 42.5 Å². The summed E-state index contributed by atoms with van der Waals surface area (Å²) in [6.07, 6.45) is 5.13. The SMILES string of the molecule is CC(C)(C)NC(=O)C1c2ccccc2OCCN1Cc1ccccc1-c1cnccn1. The van der Waals surface area contributed by atoms with Gasteiger partial charge in [-0.25, -0.2) is 0 Å². The quantitative estimate of drug-likeness (QED) is 0.696.